The quantitative estimate of drug-likeness (QED) is 0.599. The first kappa shape index (κ1) is 19.8. The number of aryl methyl sites for hydroxylation is 1. The molecular formula is C16H14F6N2O2. The number of hydrogen-bond acceptors (Lipinski definition) is 2. The minimum absolute atomic E-state index is 0.0323. The summed E-state index contributed by atoms with van der Waals surface area (Å²) in [5.74, 6) is -0.757. The zero-order valence-corrected chi connectivity index (χ0v) is 13.7. The third kappa shape index (κ3) is 4.36. The number of hydrogen-bond donors (Lipinski definition) is 0. The number of alkyl halides is 6. The van der Waals surface area contributed by atoms with Crippen LogP contribution in [0.1, 0.15) is 27.3 Å². The molecule has 0 aliphatic heterocycles. The molecule has 0 unspecified atom stereocenters. The topological polar surface area (TPSA) is 44.0 Å². The van der Waals surface area contributed by atoms with Gasteiger partial charge in [0, 0.05) is 29.2 Å². The van der Waals surface area contributed by atoms with Gasteiger partial charge in [-0.3, -0.25) is 9.59 Å². The monoisotopic (exact) mass is 380 g/mol. The van der Waals surface area contributed by atoms with Crippen LogP contribution in [0.2, 0.25) is 0 Å². The average molecular weight is 380 g/mol. The van der Waals surface area contributed by atoms with E-state index in [1.165, 1.54) is 19.9 Å². The summed E-state index contributed by atoms with van der Waals surface area (Å²) in [6.07, 6.45) is -8.68. The van der Waals surface area contributed by atoms with Crippen LogP contribution in [0.25, 0.3) is 0 Å². The van der Waals surface area contributed by atoms with Crippen LogP contribution in [0.3, 0.4) is 0 Å². The van der Waals surface area contributed by atoms with E-state index in [4.69, 9.17) is 0 Å². The van der Waals surface area contributed by atoms with Crippen LogP contribution in [-0.4, -0.2) is 21.1 Å². The van der Waals surface area contributed by atoms with E-state index in [0.29, 0.717) is 22.9 Å². The summed E-state index contributed by atoms with van der Waals surface area (Å²) in [4.78, 5) is 24.0. The lowest BCUT2D eigenvalue weighted by Gasteiger charge is -2.13. The number of Topliss-reactive ketones (excluding diaryl/α,β-unsaturated/α-hetero) is 1. The molecule has 0 N–H and O–H groups in total. The van der Waals surface area contributed by atoms with E-state index in [2.05, 4.69) is 0 Å². The number of carbonyl (C=O) groups is 1. The number of aromatic nitrogens is 2. The largest absolute Gasteiger partial charge is 0.417 e. The first-order chi connectivity index (χ1) is 11.8. The first-order valence-electron chi connectivity index (χ1n) is 7.34. The van der Waals surface area contributed by atoms with E-state index in [1.54, 1.807) is 0 Å². The number of rotatable bonds is 4. The van der Waals surface area contributed by atoms with Gasteiger partial charge in [0.05, 0.1) is 12.1 Å². The Morgan fingerprint density at radius 2 is 1.69 bits per heavy atom. The second-order valence-corrected chi connectivity index (χ2v) is 5.79. The van der Waals surface area contributed by atoms with Gasteiger partial charge in [0.2, 0.25) is 0 Å². The Morgan fingerprint density at radius 1 is 1.08 bits per heavy atom. The summed E-state index contributed by atoms with van der Waals surface area (Å²) in [6, 6.07) is 2.50. The highest BCUT2D eigenvalue weighted by Gasteiger charge is 2.32. The summed E-state index contributed by atoms with van der Waals surface area (Å²) in [5, 5.41) is 0. The summed E-state index contributed by atoms with van der Waals surface area (Å²) >= 11 is 0. The Kier molecular flexibility index (Phi) is 5.07. The number of ketones is 1. The van der Waals surface area contributed by atoms with Gasteiger partial charge in [-0.25, -0.2) is 0 Å². The fourth-order valence-electron chi connectivity index (χ4n) is 2.57. The predicted octanol–water partition coefficient (Wildman–Crippen LogP) is 3.73. The van der Waals surface area contributed by atoms with Gasteiger partial charge in [-0.05, 0) is 26.0 Å². The average Bonchev–Trinajstić information content (AvgIpc) is 2.75. The molecule has 0 spiro atoms. The van der Waals surface area contributed by atoms with Crippen molar-refractivity contribution in [2.45, 2.75) is 39.3 Å². The number of pyridine rings is 1. The van der Waals surface area contributed by atoms with Crippen LogP contribution >= 0.6 is 0 Å². The zero-order chi connectivity index (χ0) is 19.9. The second kappa shape index (κ2) is 6.65. The van der Waals surface area contributed by atoms with E-state index in [1.807, 2.05) is 0 Å². The van der Waals surface area contributed by atoms with E-state index in [9.17, 15) is 35.9 Å². The Bertz CT molecular complexity index is 890. The minimum Gasteiger partial charge on any atom is -0.339 e. The van der Waals surface area contributed by atoms with E-state index >= 15 is 0 Å². The minimum atomic E-state index is -4.69. The molecule has 2 aromatic rings. The SMILES string of the molecule is Cc1cc(C(=O)Cn2cc(C(F)(F)F)ccc2=O)c(C)n1CC(F)(F)F. The maximum absolute atomic E-state index is 12.7. The van der Waals surface area contributed by atoms with E-state index in [-0.39, 0.29) is 17.0 Å². The number of nitrogens with zero attached hydrogens (tertiary/aromatic N) is 2. The summed E-state index contributed by atoms with van der Waals surface area (Å²) in [5.41, 5.74) is -1.79. The Morgan fingerprint density at radius 3 is 2.23 bits per heavy atom. The highest BCUT2D eigenvalue weighted by molar-refractivity contribution is 5.97. The lowest BCUT2D eigenvalue weighted by Crippen LogP contribution is -2.25. The molecule has 0 radical (unpaired) electrons. The zero-order valence-electron chi connectivity index (χ0n) is 13.7. The Hall–Kier alpha value is -2.52. The fourth-order valence-corrected chi connectivity index (χ4v) is 2.57. The van der Waals surface area contributed by atoms with Gasteiger partial charge >= 0.3 is 12.4 Å². The molecule has 0 aliphatic rings. The standard InChI is InChI=1S/C16H14F6N2O2/c1-9-5-12(10(2)24(9)8-15(17,18)19)13(25)7-23-6-11(16(20,21)22)3-4-14(23)26/h3-6H,7-8H2,1-2H3. The van der Waals surface area contributed by atoms with Gasteiger partial charge in [-0.15, -0.1) is 0 Å². The van der Waals surface area contributed by atoms with Gasteiger partial charge in [0.25, 0.3) is 5.56 Å². The lowest BCUT2D eigenvalue weighted by molar-refractivity contribution is -0.141. The highest BCUT2D eigenvalue weighted by atomic mass is 19.4. The van der Waals surface area contributed by atoms with Crippen molar-refractivity contribution < 1.29 is 31.1 Å². The molecule has 0 fully saturated rings. The van der Waals surface area contributed by atoms with Crippen molar-refractivity contribution >= 4 is 5.78 Å². The molecule has 0 aliphatic carbocycles. The molecule has 0 saturated heterocycles. The molecule has 2 rings (SSSR count). The molecule has 2 aromatic heterocycles. The van der Waals surface area contributed by atoms with Crippen molar-refractivity contribution in [1.29, 1.82) is 0 Å². The molecule has 10 heteroatoms. The normalized spacial score (nSPS) is 12.5. The van der Waals surface area contributed by atoms with Gasteiger partial charge in [0.1, 0.15) is 6.54 Å². The molecule has 2 heterocycles. The maximum Gasteiger partial charge on any atom is 0.417 e. The van der Waals surface area contributed by atoms with Crippen LogP contribution in [-0.2, 0) is 19.3 Å². The first-order valence-corrected chi connectivity index (χ1v) is 7.34. The van der Waals surface area contributed by atoms with Crippen LogP contribution in [0.15, 0.2) is 29.2 Å². The molecule has 26 heavy (non-hydrogen) atoms. The predicted molar refractivity (Wildman–Crippen MR) is 80.0 cm³/mol. The van der Waals surface area contributed by atoms with Crippen molar-refractivity contribution in [3.8, 4) is 0 Å². The molecular weight excluding hydrogens is 366 g/mol. The summed E-state index contributed by atoms with van der Waals surface area (Å²) in [7, 11) is 0. The third-order valence-electron chi connectivity index (χ3n) is 3.84. The van der Waals surface area contributed by atoms with Crippen LogP contribution in [0, 0.1) is 13.8 Å². The van der Waals surface area contributed by atoms with E-state index in [0.717, 1.165) is 4.57 Å². The Balaban J connectivity index is 2.35. The highest BCUT2D eigenvalue weighted by Crippen LogP contribution is 2.28. The second-order valence-electron chi connectivity index (χ2n) is 5.79. The van der Waals surface area contributed by atoms with Crippen LogP contribution < -0.4 is 5.56 Å². The van der Waals surface area contributed by atoms with Crippen molar-refractivity contribution in [2.24, 2.45) is 0 Å². The molecule has 0 atom stereocenters. The molecule has 0 amide bonds. The third-order valence-corrected chi connectivity index (χ3v) is 3.84. The summed E-state index contributed by atoms with van der Waals surface area (Å²) < 4.78 is 77.5. The maximum atomic E-state index is 12.7. The van der Waals surface area contributed by atoms with Crippen LogP contribution in [0.5, 0.6) is 0 Å². The van der Waals surface area contributed by atoms with Crippen molar-refractivity contribution in [1.82, 2.24) is 9.13 Å². The van der Waals surface area contributed by atoms with Gasteiger partial charge in [-0.1, -0.05) is 0 Å². The smallest absolute Gasteiger partial charge is 0.339 e. The van der Waals surface area contributed by atoms with Gasteiger partial charge < -0.3 is 9.13 Å². The van der Waals surface area contributed by atoms with Crippen molar-refractivity contribution in [3.05, 3.63) is 57.3 Å². The van der Waals surface area contributed by atoms with Crippen molar-refractivity contribution in [3.63, 3.8) is 0 Å². The molecule has 4 nitrogen and oxygen atoms in total. The molecule has 0 bridgehead atoms. The fraction of sp³-hybridized carbons (Fsp3) is 0.375. The Labute approximate surface area is 143 Å². The van der Waals surface area contributed by atoms with Gasteiger partial charge in [0.15, 0.2) is 5.78 Å². The molecule has 142 valence electrons. The number of carbonyl (C=O) groups excluding carboxylic acids is 1. The van der Waals surface area contributed by atoms with E-state index < -0.39 is 42.3 Å². The van der Waals surface area contributed by atoms with Crippen molar-refractivity contribution in [2.75, 3.05) is 0 Å². The molecule has 0 aromatic carbocycles. The lowest BCUT2D eigenvalue weighted by atomic mass is 10.1. The van der Waals surface area contributed by atoms with Gasteiger partial charge in [-0.2, -0.15) is 26.3 Å². The molecule has 0 saturated carbocycles. The summed E-state index contributed by atoms with van der Waals surface area (Å²) in [6.45, 7) is 0.688. The van der Waals surface area contributed by atoms with Crippen LogP contribution in [0.4, 0.5) is 26.3 Å². The number of halogens is 6.